The molecule has 414 valence electrons. The second-order valence-electron chi connectivity index (χ2n) is 20.2. The number of likely N-dealkylation sites (N-methyl/N-ethyl adjacent to an activating group) is 1. The highest BCUT2D eigenvalue weighted by atomic mass is 16.7. The van der Waals surface area contributed by atoms with Crippen molar-refractivity contribution in [1.82, 2.24) is 25.8 Å². The molecule has 0 saturated carbocycles. The molecule has 23 heteroatoms. The molecule has 10 atom stereocenters. The predicted octanol–water partition coefficient (Wildman–Crippen LogP) is 0.514. The number of aromatic hydroxyl groups is 2. The molecule has 0 bridgehead atoms. The van der Waals surface area contributed by atoms with Crippen molar-refractivity contribution in [1.29, 1.82) is 0 Å². The van der Waals surface area contributed by atoms with E-state index in [0.29, 0.717) is 24.0 Å². The molecule has 23 nitrogen and oxygen atoms in total. The Bertz CT molecular complexity index is 2860. The van der Waals surface area contributed by atoms with Crippen molar-refractivity contribution in [3.8, 4) is 17.2 Å². The number of rotatable bonds is 19. The lowest BCUT2D eigenvalue weighted by molar-refractivity contribution is -0.249. The zero-order chi connectivity index (χ0) is 56.4. The first kappa shape index (κ1) is 57.4. The molecule has 2 aliphatic carbocycles. The number of likely N-dealkylation sites (tertiary alicyclic amines) is 1. The Balaban J connectivity index is 0.996. The van der Waals surface area contributed by atoms with E-state index in [2.05, 4.69) is 16.0 Å². The number of ketones is 3. The molecule has 5 unspecified atom stereocenters. The number of methoxy groups -OCH3 is 1. The molecule has 2 heterocycles. The van der Waals surface area contributed by atoms with Gasteiger partial charge in [-0.2, -0.15) is 0 Å². The lowest BCUT2D eigenvalue weighted by Gasteiger charge is -2.43. The van der Waals surface area contributed by atoms with Gasteiger partial charge in [0, 0.05) is 49.5 Å². The van der Waals surface area contributed by atoms with Crippen LogP contribution in [0.5, 0.6) is 17.2 Å². The predicted molar refractivity (Wildman–Crippen MR) is 269 cm³/mol. The van der Waals surface area contributed by atoms with E-state index in [1.165, 1.54) is 56.0 Å². The molecule has 3 aromatic rings. The van der Waals surface area contributed by atoms with E-state index in [1.807, 2.05) is 6.92 Å². The topological polar surface area (TPSA) is 345 Å². The van der Waals surface area contributed by atoms with Crippen LogP contribution in [0, 0.1) is 5.92 Å². The number of carboxylic acids is 1. The number of phenolic OH excluding ortho intramolecular Hbond substituents is 2. The number of carboxylic acid groups (broad SMARTS) is 1. The molecule has 5 amide bonds. The number of nitrogens with zero attached hydrogens (tertiary/aromatic N) is 2. The van der Waals surface area contributed by atoms with Crippen molar-refractivity contribution < 1.29 is 88.0 Å². The molecule has 77 heavy (non-hydrogen) atoms. The monoisotopic (exact) mass is 1070 g/mol. The summed E-state index contributed by atoms with van der Waals surface area (Å²) in [5.74, 6) is -8.69. The third-order valence-corrected chi connectivity index (χ3v) is 15.1. The molecule has 2 aliphatic heterocycles. The van der Waals surface area contributed by atoms with Crippen LogP contribution in [-0.2, 0) is 62.3 Å². The quantitative estimate of drug-likeness (QED) is 0.0578. The van der Waals surface area contributed by atoms with E-state index in [-0.39, 0.29) is 72.1 Å². The Kier molecular flexibility index (Phi) is 17.5. The molecular formula is C54H65N5O18. The van der Waals surface area contributed by atoms with Gasteiger partial charge in [0.2, 0.25) is 35.3 Å². The smallest absolute Gasteiger partial charge is 0.307 e. The number of carbonyl (C=O) groups is 9. The van der Waals surface area contributed by atoms with Gasteiger partial charge in [-0.15, -0.1) is 0 Å². The van der Waals surface area contributed by atoms with Crippen molar-refractivity contribution in [2.24, 2.45) is 5.92 Å². The largest absolute Gasteiger partial charge is 0.507 e. The molecule has 0 aromatic heterocycles. The second-order valence-corrected chi connectivity index (χ2v) is 20.2. The van der Waals surface area contributed by atoms with Crippen molar-refractivity contribution in [2.45, 2.75) is 133 Å². The SMILES string of the molecule is CCC(C)[C@@H](C(=O)N[C@@H](C)C(=O)NCC(=O)N1CCC[C@H]1C(=O)NC1CC(O[C@H]2C[C@](O)(C(=O)CO)Cc3c(O)c4c(c(O)c32)C(=O)c2c(OC)cccc2C4=O)OC(C)C1O)N(C)C(=O)Cc1ccc(CC(=O)O)cc1. The summed E-state index contributed by atoms with van der Waals surface area (Å²) >= 11 is 0. The Hall–Kier alpha value is -7.31. The van der Waals surface area contributed by atoms with Gasteiger partial charge in [0.1, 0.15) is 53.7 Å². The van der Waals surface area contributed by atoms with Gasteiger partial charge >= 0.3 is 5.97 Å². The Morgan fingerprint density at radius 1 is 0.935 bits per heavy atom. The maximum atomic E-state index is 14.1. The van der Waals surface area contributed by atoms with Crippen LogP contribution in [0.2, 0.25) is 0 Å². The summed E-state index contributed by atoms with van der Waals surface area (Å²) in [6.07, 6.45) is -6.09. The van der Waals surface area contributed by atoms with Gasteiger partial charge < -0.3 is 70.6 Å². The number of fused-ring (bicyclic) bond motifs is 3. The highest BCUT2D eigenvalue weighted by molar-refractivity contribution is 6.31. The molecule has 2 saturated heterocycles. The fraction of sp³-hybridized carbons (Fsp3) is 0.500. The lowest BCUT2D eigenvalue weighted by Crippen LogP contribution is -2.59. The number of benzene rings is 3. The number of aliphatic hydroxyl groups excluding tert-OH is 2. The van der Waals surface area contributed by atoms with E-state index >= 15 is 0 Å². The minimum atomic E-state index is -2.43. The van der Waals surface area contributed by atoms with E-state index < -0.39 is 150 Å². The van der Waals surface area contributed by atoms with Crippen LogP contribution < -0.4 is 20.7 Å². The molecule has 2 fully saturated rings. The Morgan fingerprint density at radius 2 is 1.60 bits per heavy atom. The summed E-state index contributed by atoms with van der Waals surface area (Å²) < 4.78 is 17.6. The summed E-state index contributed by atoms with van der Waals surface area (Å²) in [6, 6.07) is 6.47. The van der Waals surface area contributed by atoms with Crippen LogP contribution in [0.15, 0.2) is 42.5 Å². The molecular weight excluding hydrogens is 1010 g/mol. The highest BCUT2D eigenvalue weighted by Crippen LogP contribution is 2.52. The molecule has 7 rings (SSSR count). The van der Waals surface area contributed by atoms with Crippen LogP contribution in [0.3, 0.4) is 0 Å². The third-order valence-electron chi connectivity index (χ3n) is 15.1. The molecule has 4 aliphatic rings. The number of carbonyl (C=O) groups excluding carboxylic acids is 8. The normalized spacial score (nSPS) is 23.8. The van der Waals surface area contributed by atoms with Gasteiger partial charge in [-0.05, 0) is 49.8 Å². The standard InChI is InChI=1S/C54H65N5O18/c1-7-25(2)45(58(5)37(62)18-28-13-15-29(16-14-28)19-39(64)65)53(73)56-26(3)51(71)55-23-38(63)59-17-9-11-33(59)52(72)57-32-20-40(76-27(4)46(32)66)77-35-22-54(74,36(61)24-60)21-31-42(35)50(70)44-43(48(31)68)47(67)30-10-8-12-34(75-6)41(30)49(44)69/h8,10,12-16,25-27,32-33,35,40,45-46,60,66,68,70,74H,7,9,11,17-24H2,1-6H3,(H,55,71)(H,56,73)(H,57,72)(H,64,65)/t25?,26-,27?,32?,33-,35-,40?,45-,46?,54-/m0/s1. The number of Topliss-reactive ketones (excluding diaryl/α,β-unsaturated/α-hetero) is 1. The van der Waals surface area contributed by atoms with Crippen LogP contribution >= 0.6 is 0 Å². The number of phenols is 2. The summed E-state index contributed by atoms with van der Waals surface area (Å²) in [7, 11) is 2.77. The van der Waals surface area contributed by atoms with Gasteiger partial charge in [0.05, 0.1) is 61.4 Å². The maximum Gasteiger partial charge on any atom is 0.307 e. The first-order valence-electron chi connectivity index (χ1n) is 25.4. The van der Waals surface area contributed by atoms with Crippen LogP contribution in [0.25, 0.3) is 0 Å². The van der Waals surface area contributed by atoms with E-state index in [4.69, 9.17) is 19.3 Å². The number of aliphatic carboxylic acids is 1. The van der Waals surface area contributed by atoms with Gasteiger partial charge in [0.15, 0.2) is 17.9 Å². The number of aliphatic hydroxyl groups is 3. The van der Waals surface area contributed by atoms with Gasteiger partial charge in [-0.1, -0.05) is 56.7 Å². The van der Waals surface area contributed by atoms with Gasteiger partial charge in [-0.25, -0.2) is 0 Å². The van der Waals surface area contributed by atoms with E-state index in [0.717, 1.165) is 0 Å². The van der Waals surface area contributed by atoms with Crippen molar-refractivity contribution in [2.75, 3.05) is 33.9 Å². The van der Waals surface area contributed by atoms with E-state index in [1.54, 1.807) is 31.2 Å². The van der Waals surface area contributed by atoms with E-state index in [9.17, 15) is 68.7 Å². The maximum absolute atomic E-state index is 14.1. The van der Waals surface area contributed by atoms with Crippen molar-refractivity contribution in [3.63, 3.8) is 0 Å². The second kappa shape index (κ2) is 23.5. The number of hydrogen-bond donors (Lipinski definition) is 9. The number of amides is 5. The van der Waals surface area contributed by atoms with Crippen molar-refractivity contribution in [3.05, 3.63) is 87.0 Å². The van der Waals surface area contributed by atoms with Crippen LogP contribution in [0.4, 0.5) is 0 Å². The molecule has 0 radical (unpaired) electrons. The first-order chi connectivity index (χ1) is 36.4. The third kappa shape index (κ3) is 11.7. The number of hydrogen-bond acceptors (Lipinski definition) is 17. The number of ether oxygens (including phenoxy) is 3. The highest BCUT2D eigenvalue weighted by Gasteiger charge is 2.51. The fourth-order valence-corrected chi connectivity index (χ4v) is 10.7. The average Bonchev–Trinajstić information content (AvgIpc) is 3.94. The Morgan fingerprint density at radius 3 is 2.23 bits per heavy atom. The zero-order valence-corrected chi connectivity index (χ0v) is 43.5. The van der Waals surface area contributed by atoms with Crippen molar-refractivity contribution >= 4 is 52.9 Å². The minimum absolute atomic E-state index is 0.0193. The summed E-state index contributed by atoms with van der Waals surface area (Å²) in [4.78, 5) is 123. The van der Waals surface area contributed by atoms with Gasteiger partial charge in [-0.3, -0.25) is 43.2 Å². The molecule has 3 aromatic carbocycles. The first-order valence-corrected chi connectivity index (χ1v) is 25.4. The van der Waals surface area contributed by atoms with Crippen LogP contribution in [0.1, 0.15) is 120 Å². The fourth-order valence-electron chi connectivity index (χ4n) is 10.7. The zero-order valence-electron chi connectivity index (χ0n) is 43.5. The lowest BCUT2D eigenvalue weighted by atomic mass is 9.72. The summed E-state index contributed by atoms with van der Waals surface area (Å²) in [6.45, 7) is 4.98. The van der Waals surface area contributed by atoms with Gasteiger partial charge in [0.25, 0.3) is 0 Å². The summed E-state index contributed by atoms with van der Waals surface area (Å²) in [5.41, 5.74) is -3.28. The average molecular weight is 1070 g/mol. The summed E-state index contributed by atoms with van der Waals surface area (Å²) in [5, 5.41) is 73.5. The molecule has 9 N–H and O–H groups in total. The minimum Gasteiger partial charge on any atom is -0.507 e. The number of nitrogens with one attached hydrogen (secondary N) is 3. The Labute approximate surface area is 442 Å². The van der Waals surface area contributed by atoms with Crippen LogP contribution in [-0.4, -0.2) is 175 Å². The molecule has 0 spiro atoms.